The fraction of sp³-hybridized carbons (Fsp3) is 0.533. The third-order valence-corrected chi connectivity index (χ3v) is 3.25. The van der Waals surface area contributed by atoms with Crippen molar-refractivity contribution >= 4 is 0 Å². The van der Waals surface area contributed by atoms with Crippen LogP contribution in [0.1, 0.15) is 37.3 Å². The summed E-state index contributed by atoms with van der Waals surface area (Å²) in [5.74, 6) is 0.521. The lowest BCUT2D eigenvalue weighted by molar-refractivity contribution is 0.255. The fourth-order valence-electron chi connectivity index (χ4n) is 2.28. The van der Waals surface area contributed by atoms with Gasteiger partial charge in [0, 0.05) is 13.1 Å². The molecule has 0 bridgehead atoms. The van der Waals surface area contributed by atoms with Gasteiger partial charge in [0.25, 0.3) is 0 Å². The number of nitrogens with zero attached hydrogens (tertiary/aromatic N) is 2. The molecule has 1 aromatic carbocycles. The monoisotopic (exact) mass is 246 g/mol. The summed E-state index contributed by atoms with van der Waals surface area (Å²) in [5, 5.41) is 8.85. The maximum Gasteiger partial charge on any atom is 0.124 e. The minimum absolute atomic E-state index is 0.313. The molecular formula is C15H19FN2. The lowest BCUT2D eigenvalue weighted by Gasteiger charge is -2.21. The van der Waals surface area contributed by atoms with E-state index in [0.717, 1.165) is 37.5 Å². The Kier molecular flexibility index (Phi) is 4.33. The first-order valence-electron chi connectivity index (χ1n) is 6.63. The normalized spacial score (nSPS) is 14.8. The smallest absolute Gasteiger partial charge is 0.124 e. The molecule has 0 heterocycles. The molecule has 0 N–H and O–H groups in total. The number of hydrogen-bond acceptors (Lipinski definition) is 2. The van der Waals surface area contributed by atoms with Gasteiger partial charge in [-0.2, -0.15) is 5.26 Å². The van der Waals surface area contributed by atoms with Gasteiger partial charge >= 0.3 is 0 Å². The van der Waals surface area contributed by atoms with Crippen molar-refractivity contribution in [1.82, 2.24) is 4.90 Å². The predicted octanol–water partition coefficient (Wildman–Crippen LogP) is 3.32. The molecule has 18 heavy (non-hydrogen) atoms. The summed E-state index contributed by atoms with van der Waals surface area (Å²) in [4.78, 5) is 2.37. The number of rotatable bonds is 6. The zero-order valence-electron chi connectivity index (χ0n) is 10.8. The molecule has 1 aromatic rings. The number of hydrogen-bond donors (Lipinski definition) is 0. The van der Waals surface area contributed by atoms with Crippen LogP contribution in [0.15, 0.2) is 18.2 Å². The van der Waals surface area contributed by atoms with Crippen LogP contribution in [-0.2, 0) is 6.54 Å². The van der Waals surface area contributed by atoms with Crippen molar-refractivity contribution < 1.29 is 4.39 Å². The Balaban J connectivity index is 2.04. The highest BCUT2D eigenvalue weighted by molar-refractivity contribution is 5.33. The topological polar surface area (TPSA) is 27.0 Å². The minimum atomic E-state index is -0.313. The lowest BCUT2D eigenvalue weighted by atomic mass is 10.1. The van der Waals surface area contributed by atoms with E-state index in [2.05, 4.69) is 11.8 Å². The third-order valence-electron chi connectivity index (χ3n) is 3.25. The molecule has 1 fully saturated rings. The van der Waals surface area contributed by atoms with Crippen molar-refractivity contribution in [3.8, 4) is 6.07 Å². The van der Waals surface area contributed by atoms with E-state index in [9.17, 15) is 4.39 Å². The van der Waals surface area contributed by atoms with Crippen molar-refractivity contribution in [1.29, 1.82) is 5.26 Å². The van der Waals surface area contributed by atoms with Gasteiger partial charge in [0.1, 0.15) is 5.82 Å². The van der Waals surface area contributed by atoms with Crippen molar-refractivity contribution in [2.45, 2.75) is 32.7 Å². The van der Waals surface area contributed by atoms with E-state index in [1.807, 2.05) is 6.07 Å². The molecule has 0 aliphatic heterocycles. The van der Waals surface area contributed by atoms with Crippen molar-refractivity contribution in [3.05, 3.63) is 35.1 Å². The summed E-state index contributed by atoms with van der Waals surface area (Å²) < 4.78 is 13.4. The first-order chi connectivity index (χ1) is 8.71. The minimum Gasteiger partial charge on any atom is -0.299 e. The average Bonchev–Trinajstić information content (AvgIpc) is 3.12. The van der Waals surface area contributed by atoms with E-state index in [4.69, 9.17) is 5.26 Å². The second-order valence-electron chi connectivity index (χ2n) is 5.14. The number of halogens is 1. The predicted molar refractivity (Wildman–Crippen MR) is 69.4 cm³/mol. The molecule has 2 nitrogen and oxygen atoms in total. The van der Waals surface area contributed by atoms with Crippen LogP contribution in [-0.4, -0.2) is 18.0 Å². The molecule has 3 heteroatoms. The van der Waals surface area contributed by atoms with E-state index in [1.165, 1.54) is 25.0 Å². The van der Waals surface area contributed by atoms with E-state index >= 15 is 0 Å². The van der Waals surface area contributed by atoms with Crippen LogP contribution in [0.25, 0.3) is 0 Å². The molecule has 0 aromatic heterocycles. The Bertz CT molecular complexity index is 446. The molecule has 1 aliphatic rings. The molecule has 0 atom stereocenters. The van der Waals surface area contributed by atoms with Crippen LogP contribution in [0.5, 0.6) is 0 Å². The molecular weight excluding hydrogens is 227 g/mol. The van der Waals surface area contributed by atoms with Crippen molar-refractivity contribution in [2.75, 3.05) is 13.1 Å². The molecule has 0 amide bonds. The zero-order valence-corrected chi connectivity index (χ0v) is 10.8. The Morgan fingerprint density at radius 1 is 1.39 bits per heavy atom. The van der Waals surface area contributed by atoms with Gasteiger partial charge in [-0.1, -0.05) is 6.92 Å². The summed E-state index contributed by atoms with van der Waals surface area (Å²) in [7, 11) is 0. The molecule has 0 radical (unpaired) electrons. The lowest BCUT2D eigenvalue weighted by Crippen LogP contribution is -2.26. The second-order valence-corrected chi connectivity index (χ2v) is 5.14. The van der Waals surface area contributed by atoms with E-state index in [0.29, 0.717) is 5.56 Å². The zero-order chi connectivity index (χ0) is 13.0. The average molecular weight is 246 g/mol. The highest BCUT2D eigenvalue weighted by Crippen LogP contribution is 2.30. The summed E-state index contributed by atoms with van der Waals surface area (Å²) in [6.45, 7) is 5.05. The molecule has 96 valence electrons. The van der Waals surface area contributed by atoms with E-state index in [1.54, 1.807) is 6.07 Å². The van der Waals surface area contributed by atoms with Crippen LogP contribution in [0.2, 0.25) is 0 Å². The fourth-order valence-corrected chi connectivity index (χ4v) is 2.28. The van der Waals surface area contributed by atoms with Gasteiger partial charge in [-0.25, -0.2) is 4.39 Å². The summed E-state index contributed by atoms with van der Waals surface area (Å²) >= 11 is 0. The Hall–Kier alpha value is -1.40. The van der Waals surface area contributed by atoms with Crippen LogP contribution >= 0.6 is 0 Å². The van der Waals surface area contributed by atoms with E-state index < -0.39 is 0 Å². The Morgan fingerprint density at radius 3 is 2.78 bits per heavy atom. The number of nitriles is 1. The molecule has 1 aliphatic carbocycles. The van der Waals surface area contributed by atoms with Crippen LogP contribution < -0.4 is 0 Å². The largest absolute Gasteiger partial charge is 0.299 e. The third kappa shape index (κ3) is 3.82. The van der Waals surface area contributed by atoms with Gasteiger partial charge < -0.3 is 0 Å². The maximum atomic E-state index is 13.4. The molecule has 1 saturated carbocycles. The van der Waals surface area contributed by atoms with Gasteiger partial charge in [0.05, 0.1) is 11.6 Å². The SMILES string of the molecule is CCCN(Cc1cc(F)cc(C#N)c1)CC1CC1. The quantitative estimate of drug-likeness (QED) is 0.770. The summed E-state index contributed by atoms with van der Waals surface area (Å²) in [6, 6.07) is 6.62. The van der Waals surface area contributed by atoms with Gasteiger partial charge in [-0.05, 0) is 55.5 Å². The van der Waals surface area contributed by atoms with Crippen molar-refractivity contribution in [3.63, 3.8) is 0 Å². The summed E-state index contributed by atoms with van der Waals surface area (Å²) in [5.41, 5.74) is 1.31. The van der Waals surface area contributed by atoms with Gasteiger partial charge in [-0.3, -0.25) is 4.90 Å². The van der Waals surface area contributed by atoms with Crippen LogP contribution in [0.3, 0.4) is 0 Å². The Morgan fingerprint density at radius 2 is 2.17 bits per heavy atom. The molecule has 0 unspecified atom stereocenters. The van der Waals surface area contributed by atoms with Gasteiger partial charge in [-0.15, -0.1) is 0 Å². The molecule has 2 rings (SSSR count). The molecule has 0 spiro atoms. The number of benzene rings is 1. The van der Waals surface area contributed by atoms with E-state index in [-0.39, 0.29) is 5.82 Å². The van der Waals surface area contributed by atoms with Crippen LogP contribution in [0, 0.1) is 23.1 Å². The standard InChI is InChI=1S/C15H19FN2/c1-2-5-18(10-12-3-4-12)11-14-6-13(9-17)7-15(16)8-14/h6-8,12H,2-5,10-11H2,1H3. The summed E-state index contributed by atoms with van der Waals surface area (Å²) in [6.07, 6.45) is 3.76. The highest BCUT2D eigenvalue weighted by atomic mass is 19.1. The van der Waals surface area contributed by atoms with Crippen LogP contribution in [0.4, 0.5) is 4.39 Å². The van der Waals surface area contributed by atoms with Gasteiger partial charge in [0.15, 0.2) is 0 Å². The second kappa shape index (κ2) is 5.97. The molecule has 0 saturated heterocycles. The van der Waals surface area contributed by atoms with Crippen molar-refractivity contribution in [2.24, 2.45) is 5.92 Å². The Labute approximate surface area is 108 Å². The highest BCUT2D eigenvalue weighted by Gasteiger charge is 2.24. The van der Waals surface area contributed by atoms with Gasteiger partial charge in [0.2, 0.25) is 0 Å². The maximum absolute atomic E-state index is 13.4. The first-order valence-corrected chi connectivity index (χ1v) is 6.63. The first kappa shape index (κ1) is 13.0.